The van der Waals surface area contributed by atoms with Crippen LogP contribution in [0, 0.1) is 5.92 Å². The summed E-state index contributed by atoms with van der Waals surface area (Å²) in [4.78, 5) is 26.7. The fourth-order valence-corrected chi connectivity index (χ4v) is 3.35. The second-order valence-corrected chi connectivity index (χ2v) is 7.57. The van der Waals surface area contributed by atoms with Gasteiger partial charge in [0.15, 0.2) is 6.10 Å². The molecule has 0 bridgehead atoms. The van der Waals surface area contributed by atoms with Crippen LogP contribution in [0.1, 0.15) is 31.1 Å². The minimum Gasteiger partial charge on any atom is -0.479 e. The van der Waals surface area contributed by atoms with E-state index in [0.717, 1.165) is 10.2 Å². The molecule has 3 rings (SSSR count). The molecule has 0 aromatic heterocycles. The average molecular weight is 417 g/mol. The van der Waals surface area contributed by atoms with Gasteiger partial charge in [-0.25, -0.2) is 0 Å². The smallest absolute Gasteiger partial charge is 0.267 e. The van der Waals surface area contributed by atoms with E-state index in [1.165, 1.54) is 0 Å². The van der Waals surface area contributed by atoms with Gasteiger partial charge in [-0.2, -0.15) is 0 Å². The fourth-order valence-electron chi connectivity index (χ4n) is 2.89. The zero-order valence-corrected chi connectivity index (χ0v) is 16.5. The van der Waals surface area contributed by atoms with Gasteiger partial charge in [0.2, 0.25) is 0 Å². The number of carbonyl (C=O) groups excluding carboxylic acids is 2. The van der Waals surface area contributed by atoms with Crippen molar-refractivity contribution >= 4 is 39.1 Å². The van der Waals surface area contributed by atoms with Crippen LogP contribution in [0.2, 0.25) is 0 Å². The van der Waals surface area contributed by atoms with E-state index in [4.69, 9.17) is 4.74 Å². The Labute approximate surface area is 161 Å². The first-order valence-corrected chi connectivity index (χ1v) is 9.34. The summed E-state index contributed by atoms with van der Waals surface area (Å²) in [6.45, 7) is 6.51. The molecule has 0 saturated carbocycles. The van der Waals surface area contributed by atoms with E-state index in [-0.39, 0.29) is 11.8 Å². The summed E-state index contributed by atoms with van der Waals surface area (Å²) in [5.74, 6) is 0.683. The topological polar surface area (TPSA) is 58.6 Å². The Kier molecular flexibility index (Phi) is 5.32. The molecule has 26 heavy (non-hydrogen) atoms. The van der Waals surface area contributed by atoms with Crippen molar-refractivity contribution in [1.82, 2.24) is 0 Å². The summed E-state index contributed by atoms with van der Waals surface area (Å²) < 4.78 is 6.49. The lowest BCUT2D eigenvalue weighted by Crippen LogP contribution is -2.46. The number of amides is 2. The van der Waals surface area contributed by atoms with Crippen molar-refractivity contribution in [2.45, 2.75) is 26.9 Å². The zero-order valence-electron chi connectivity index (χ0n) is 15.0. The Morgan fingerprint density at radius 3 is 2.69 bits per heavy atom. The molecule has 0 fully saturated rings. The molecule has 1 N–H and O–H groups in total. The molecule has 6 heteroatoms. The van der Waals surface area contributed by atoms with Gasteiger partial charge in [0.25, 0.3) is 11.8 Å². The van der Waals surface area contributed by atoms with Crippen LogP contribution in [0.4, 0.5) is 11.4 Å². The van der Waals surface area contributed by atoms with E-state index < -0.39 is 6.10 Å². The van der Waals surface area contributed by atoms with Gasteiger partial charge in [-0.15, -0.1) is 0 Å². The molecule has 5 nitrogen and oxygen atoms in total. The Morgan fingerprint density at radius 2 is 2.00 bits per heavy atom. The average Bonchev–Trinajstić information content (AvgIpc) is 2.59. The summed E-state index contributed by atoms with van der Waals surface area (Å²) in [6, 6.07) is 12.6. The highest BCUT2D eigenvalue weighted by Gasteiger charge is 2.32. The van der Waals surface area contributed by atoms with Crippen LogP contribution in [0.15, 0.2) is 46.9 Å². The Balaban J connectivity index is 1.87. The molecule has 0 aliphatic carbocycles. The number of carbonyl (C=O) groups is 2. The van der Waals surface area contributed by atoms with Gasteiger partial charge in [0, 0.05) is 22.8 Å². The lowest BCUT2D eigenvalue weighted by atomic mass is 10.1. The molecule has 0 spiro atoms. The van der Waals surface area contributed by atoms with Crippen LogP contribution >= 0.6 is 15.9 Å². The molecule has 2 amide bonds. The lowest BCUT2D eigenvalue weighted by Gasteiger charge is -2.34. The summed E-state index contributed by atoms with van der Waals surface area (Å²) in [5.41, 5.74) is 1.91. The molecule has 1 aliphatic heterocycles. The van der Waals surface area contributed by atoms with Crippen molar-refractivity contribution in [3.05, 3.63) is 52.5 Å². The van der Waals surface area contributed by atoms with Crippen molar-refractivity contribution in [3.63, 3.8) is 0 Å². The van der Waals surface area contributed by atoms with Crippen LogP contribution in [-0.2, 0) is 4.79 Å². The monoisotopic (exact) mass is 416 g/mol. The molecule has 1 heterocycles. The third-order valence-corrected chi connectivity index (χ3v) is 4.78. The Hall–Kier alpha value is -2.34. The Bertz CT molecular complexity index is 851. The predicted molar refractivity (Wildman–Crippen MR) is 106 cm³/mol. The number of fused-ring (bicyclic) bond motifs is 1. The summed E-state index contributed by atoms with van der Waals surface area (Å²) in [7, 11) is 0. The van der Waals surface area contributed by atoms with Crippen molar-refractivity contribution in [3.8, 4) is 5.75 Å². The minimum absolute atomic E-state index is 0.0452. The van der Waals surface area contributed by atoms with Crippen LogP contribution in [-0.4, -0.2) is 24.5 Å². The maximum atomic E-state index is 12.5. The molecular weight excluding hydrogens is 396 g/mol. The normalized spacial score (nSPS) is 16.3. The van der Waals surface area contributed by atoms with E-state index >= 15 is 0 Å². The molecule has 1 unspecified atom stereocenters. The number of hydrogen-bond acceptors (Lipinski definition) is 3. The maximum Gasteiger partial charge on any atom is 0.267 e. The second-order valence-electron chi connectivity index (χ2n) is 6.72. The van der Waals surface area contributed by atoms with Gasteiger partial charge in [-0.1, -0.05) is 26.0 Å². The third-order valence-electron chi connectivity index (χ3n) is 4.09. The third kappa shape index (κ3) is 3.75. The molecule has 1 aliphatic rings. The number of anilines is 2. The van der Waals surface area contributed by atoms with E-state index in [2.05, 4.69) is 35.1 Å². The largest absolute Gasteiger partial charge is 0.479 e. The first-order chi connectivity index (χ1) is 12.4. The first kappa shape index (κ1) is 18.5. The lowest BCUT2D eigenvalue weighted by molar-refractivity contribution is -0.125. The highest BCUT2D eigenvalue weighted by atomic mass is 79.9. The van der Waals surface area contributed by atoms with Crippen molar-refractivity contribution in [2.24, 2.45) is 5.92 Å². The van der Waals surface area contributed by atoms with E-state index in [1.807, 2.05) is 24.3 Å². The highest BCUT2D eigenvalue weighted by molar-refractivity contribution is 9.10. The molecule has 2 aromatic carbocycles. The predicted octanol–water partition coefficient (Wildman–Crippen LogP) is 4.47. The molecular formula is C20H21BrN2O3. The molecule has 2 aromatic rings. The quantitative estimate of drug-likeness (QED) is 0.799. The molecule has 136 valence electrons. The van der Waals surface area contributed by atoms with Crippen LogP contribution in [0.5, 0.6) is 5.75 Å². The summed E-state index contributed by atoms with van der Waals surface area (Å²) in [5, 5.41) is 2.88. The molecule has 1 atom stereocenters. The SMILES string of the molecule is CC(C)CN1C(=O)C(C)Oc2cc(NC(=O)c3ccccc3Br)ccc21. The highest BCUT2D eigenvalue weighted by Crippen LogP contribution is 2.37. The van der Waals surface area contributed by atoms with Gasteiger partial charge >= 0.3 is 0 Å². The number of nitrogens with zero attached hydrogens (tertiary/aromatic N) is 1. The number of halogens is 1. The fraction of sp³-hybridized carbons (Fsp3) is 0.300. The van der Waals surface area contributed by atoms with E-state index in [1.54, 1.807) is 30.0 Å². The zero-order chi connectivity index (χ0) is 18.8. The Morgan fingerprint density at radius 1 is 1.27 bits per heavy atom. The summed E-state index contributed by atoms with van der Waals surface area (Å²) >= 11 is 3.39. The van der Waals surface area contributed by atoms with Crippen LogP contribution < -0.4 is 15.0 Å². The van der Waals surface area contributed by atoms with E-state index in [0.29, 0.717) is 29.5 Å². The maximum absolute atomic E-state index is 12.5. The van der Waals surface area contributed by atoms with Crippen molar-refractivity contribution in [1.29, 1.82) is 0 Å². The number of ether oxygens (including phenoxy) is 1. The number of nitrogens with one attached hydrogen (secondary N) is 1. The van der Waals surface area contributed by atoms with Gasteiger partial charge < -0.3 is 15.0 Å². The van der Waals surface area contributed by atoms with E-state index in [9.17, 15) is 9.59 Å². The minimum atomic E-state index is -0.546. The van der Waals surface area contributed by atoms with Gasteiger partial charge in [0.05, 0.1) is 11.3 Å². The van der Waals surface area contributed by atoms with Crippen molar-refractivity contribution < 1.29 is 14.3 Å². The summed E-state index contributed by atoms with van der Waals surface area (Å²) in [6.07, 6.45) is -0.546. The molecule has 0 saturated heterocycles. The van der Waals surface area contributed by atoms with Gasteiger partial charge in [0.1, 0.15) is 5.75 Å². The number of hydrogen-bond donors (Lipinski definition) is 1. The van der Waals surface area contributed by atoms with Crippen LogP contribution in [0.25, 0.3) is 0 Å². The number of rotatable bonds is 4. The number of benzene rings is 2. The first-order valence-electron chi connectivity index (χ1n) is 8.54. The standard InChI is InChI=1S/C20H21BrN2O3/c1-12(2)11-23-17-9-8-14(10-18(17)26-13(3)20(23)25)22-19(24)15-6-4-5-7-16(15)21/h4-10,12-13H,11H2,1-3H3,(H,22,24). The van der Waals surface area contributed by atoms with Gasteiger partial charge in [-0.3, -0.25) is 9.59 Å². The van der Waals surface area contributed by atoms with Gasteiger partial charge in [-0.05, 0) is 53.0 Å². The molecule has 0 radical (unpaired) electrons. The second kappa shape index (κ2) is 7.50. The van der Waals surface area contributed by atoms with Crippen LogP contribution in [0.3, 0.4) is 0 Å². The van der Waals surface area contributed by atoms with Crippen molar-refractivity contribution in [2.75, 3.05) is 16.8 Å².